The Hall–Kier alpha value is -0.550. The second kappa shape index (κ2) is 6.03. The minimum absolute atomic E-state index is 0.290. The molecule has 1 N–H and O–H groups in total. The number of thioether (sulfide) groups is 1. The van der Waals surface area contributed by atoms with Gasteiger partial charge in [0.05, 0.1) is 5.75 Å². The second-order valence-corrected chi connectivity index (χ2v) is 4.06. The maximum absolute atomic E-state index is 5.16. The summed E-state index contributed by atoms with van der Waals surface area (Å²) in [7, 11) is 0. The lowest BCUT2D eigenvalue weighted by atomic mass is 10.2. The fourth-order valence-corrected chi connectivity index (χ4v) is 1.48. The number of hydrogen-bond donors (Lipinski definition) is 1. The summed E-state index contributed by atoms with van der Waals surface area (Å²) in [4.78, 5) is 4.31. The third kappa shape index (κ3) is 3.31. The van der Waals surface area contributed by atoms with Crippen LogP contribution in [0.4, 0.5) is 0 Å². The molecule has 0 fully saturated rings. The molecule has 0 aliphatic heterocycles. The topological polar surface area (TPSA) is 51.0 Å². The molecule has 0 bridgehead atoms. The summed E-state index contributed by atoms with van der Waals surface area (Å²) in [5, 5.41) is 7.16. The Morgan fingerprint density at radius 2 is 2.36 bits per heavy atom. The van der Waals surface area contributed by atoms with Gasteiger partial charge in [-0.05, 0) is 12.8 Å². The number of hydrogen-bond acceptors (Lipinski definition) is 5. The minimum atomic E-state index is 0.290. The zero-order chi connectivity index (χ0) is 10.4. The molecule has 0 amide bonds. The molecular formula is C9H17N3OS. The summed E-state index contributed by atoms with van der Waals surface area (Å²) in [6.45, 7) is 6.02. The largest absolute Gasteiger partial charge is 0.339 e. The van der Waals surface area contributed by atoms with Gasteiger partial charge >= 0.3 is 0 Å². The lowest BCUT2D eigenvalue weighted by Gasteiger charge is -2.05. The number of aromatic nitrogens is 2. The van der Waals surface area contributed by atoms with Crippen LogP contribution in [0.1, 0.15) is 31.5 Å². The molecule has 1 aromatic heterocycles. The number of nitrogens with zero attached hydrogens (tertiary/aromatic N) is 2. The quantitative estimate of drug-likeness (QED) is 0.782. The highest BCUT2D eigenvalue weighted by Gasteiger charge is 2.12. The van der Waals surface area contributed by atoms with E-state index in [1.54, 1.807) is 11.8 Å². The van der Waals surface area contributed by atoms with Crippen LogP contribution >= 0.6 is 11.8 Å². The van der Waals surface area contributed by atoms with E-state index < -0.39 is 0 Å². The van der Waals surface area contributed by atoms with Crippen molar-refractivity contribution in [3.63, 3.8) is 0 Å². The van der Waals surface area contributed by atoms with Crippen LogP contribution in [0.2, 0.25) is 0 Å². The summed E-state index contributed by atoms with van der Waals surface area (Å²) in [5.74, 6) is 2.63. The summed E-state index contributed by atoms with van der Waals surface area (Å²) >= 11 is 1.70. The number of rotatable bonds is 6. The minimum Gasteiger partial charge on any atom is -0.339 e. The normalized spacial score (nSPS) is 13.1. The molecule has 0 aliphatic carbocycles. The van der Waals surface area contributed by atoms with E-state index >= 15 is 0 Å². The SMILES string of the molecule is CCNCC(C)c1nc(CSC)no1. The van der Waals surface area contributed by atoms with E-state index in [1.165, 1.54) is 0 Å². The molecule has 4 nitrogen and oxygen atoms in total. The average molecular weight is 215 g/mol. The molecule has 0 aliphatic rings. The first kappa shape index (κ1) is 11.5. The monoisotopic (exact) mass is 215 g/mol. The zero-order valence-electron chi connectivity index (χ0n) is 8.91. The molecule has 0 saturated carbocycles. The average Bonchev–Trinajstić information content (AvgIpc) is 2.63. The molecule has 0 saturated heterocycles. The van der Waals surface area contributed by atoms with Crippen LogP contribution < -0.4 is 5.32 Å². The van der Waals surface area contributed by atoms with Crippen molar-refractivity contribution in [2.45, 2.75) is 25.5 Å². The maximum Gasteiger partial charge on any atom is 0.230 e. The van der Waals surface area contributed by atoms with Crippen molar-refractivity contribution in [2.75, 3.05) is 19.3 Å². The van der Waals surface area contributed by atoms with E-state index in [2.05, 4.69) is 29.3 Å². The van der Waals surface area contributed by atoms with E-state index in [9.17, 15) is 0 Å². The zero-order valence-corrected chi connectivity index (χ0v) is 9.73. The Labute approximate surface area is 88.8 Å². The molecule has 5 heteroatoms. The molecule has 1 atom stereocenters. The summed E-state index contributed by atoms with van der Waals surface area (Å²) in [5.41, 5.74) is 0. The Bertz CT molecular complexity index is 264. The van der Waals surface area contributed by atoms with Gasteiger partial charge in [0.1, 0.15) is 0 Å². The molecule has 0 spiro atoms. The summed E-state index contributed by atoms with van der Waals surface area (Å²) < 4.78 is 5.16. The predicted octanol–water partition coefficient (Wildman–Crippen LogP) is 1.65. The van der Waals surface area contributed by atoms with Crippen LogP contribution in [0.3, 0.4) is 0 Å². The molecule has 80 valence electrons. The van der Waals surface area contributed by atoms with Crippen molar-refractivity contribution in [1.29, 1.82) is 0 Å². The number of nitrogens with one attached hydrogen (secondary N) is 1. The molecule has 14 heavy (non-hydrogen) atoms. The van der Waals surface area contributed by atoms with Gasteiger partial charge in [-0.3, -0.25) is 0 Å². The van der Waals surface area contributed by atoms with Crippen LogP contribution in [-0.2, 0) is 5.75 Å². The van der Waals surface area contributed by atoms with E-state index in [0.717, 1.165) is 30.6 Å². The molecule has 1 aromatic rings. The highest BCUT2D eigenvalue weighted by Crippen LogP contribution is 2.13. The van der Waals surface area contributed by atoms with E-state index in [0.29, 0.717) is 0 Å². The summed E-state index contributed by atoms with van der Waals surface area (Å²) in [6.07, 6.45) is 2.03. The van der Waals surface area contributed by atoms with Gasteiger partial charge in [0, 0.05) is 12.5 Å². The van der Waals surface area contributed by atoms with Gasteiger partial charge in [-0.25, -0.2) is 0 Å². The van der Waals surface area contributed by atoms with E-state index in [4.69, 9.17) is 4.52 Å². The van der Waals surface area contributed by atoms with Crippen molar-refractivity contribution in [3.05, 3.63) is 11.7 Å². The smallest absolute Gasteiger partial charge is 0.230 e. The van der Waals surface area contributed by atoms with E-state index in [1.807, 2.05) is 6.26 Å². The fraction of sp³-hybridized carbons (Fsp3) is 0.778. The van der Waals surface area contributed by atoms with Crippen LogP contribution in [0.5, 0.6) is 0 Å². The van der Waals surface area contributed by atoms with Crippen molar-refractivity contribution in [1.82, 2.24) is 15.5 Å². The Balaban J connectivity index is 2.48. The lowest BCUT2D eigenvalue weighted by molar-refractivity contribution is 0.352. The van der Waals surface area contributed by atoms with Crippen LogP contribution in [-0.4, -0.2) is 29.5 Å². The highest BCUT2D eigenvalue weighted by atomic mass is 32.2. The Morgan fingerprint density at radius 3 is 3.00 bits per heavy atom. The van der Waals surface area contributed by atoms with Gasteiger partial charge in [-0.15, -0.1) is 0 Å². The Kier molecular flexibility index (Phi) is 4.97. The second-order valence-electron chi connectivity index (χ2n) is 3.19. The molecular weight excluding hydrogens is 198 g/mol. The first-order chi connectivity index (χ1) is 6.77. The first-order valence-electron chi connectivity index (χ1n) is 4.80. The molecule has 0 aromatic carbocycles. The van der Waals surface area contributed by atoms with Gasteiger partial charge in [-0.2, -0.15) is 16.7 Å². The predicted molar refractivity (Wildman–Crippen MR) is 58.5 cm³/mol. The van der Waals surface area contributed by atoms with Crippen molar-refractivity contribution >= 4 is 11.8 Å². The standard InChI is InChI=1S/C9H17N3OS/c1-4-10-5-7(2)9-11-8(6-14-3)12-13-9/h7,10H,4-6H2,1-3H3. The van der Waals surface area contributed by atoms with Gasteiger partial charge < -0.3 is 9.84 Å². The van der Waals surface area contributed by atoms with Gasteiger partial charge in [0.25, 0.3) is 0 Å². The third-order valence-electron chi connectivity index (χ3n) is 1.88. The fourth-order valence-electron chi connectivity index (χ4n) is 1.10. The van der Waals surface area contributed by atoms with Crippen molar-refractivity contribution in [3.8, 4) is 0 Å². The molecule has 1 heterocycles. The van der Waals surface area contributed by atoms with Crippen LogP contribution in [0.25, 0.3) is 0 Å². The molecule has 1 rings (SSSR count). The van der Waals surface area contributed by atoms with Crippen molar-refractivity contribution < 1.29 is 4.52 Å². The van der Waals surface area contributed by atoms with Gasteiger partial charge in [-0.1, -0.05) is 19.0 Å². The third-order valence-corrected chi connectivity index (χ3v) is 2.43. The highest BCUT2D eigenvalue weighted by molar-refractivity contribution is 7.97. The Morgan fingerprint density at radius 1 is 1.57 bits per heavy atom. The summed E-state index contributed by atoms with van der Waals surface area (Å²) in [6, 6.07) is 0. The van der Waals surface area contributed by atoms with Gasteiger partial charge in [0.2, 0.25) is 5.89 Å². The van der Waals surface area contributed by atoms with Crippen LogP contribution in [0.15, 0.2) is 4.52 Å². The van der Waals surface area contributed by atoms with Crippen molar-refractivity contribution in [2.24, 2.45) is 0 Å². The first-order valence-corrected chi connectivity index (χ1v) is 6.19. The maximum atomic E-state index is 5.16. The lowest BCUT2D eigenvalue weighted by Crippen LogP contribution is -2.19. The van der Waals surface area contributed by atoms with Gasteiger partial charge in [0.15, 0.2) is 5.82 Å². The molecule has 1 unspecified atom stereocenters. The van der Waals surface area contributed by atoms with Crippen LogP contribution in [0, 0.1) is 0 Å². The van der Waals surface area contributed by atoms with E-state index in [-0.39, 0.29) is 5.92 Å². The number of likely N-dealkylation sites (N-methyl/N-ethyl adjacent to an activating group) is 1. The molecule has 0 radical (unpaired) electrons.